The lowest BCUT2D eigenvalue weighted by Gasteiger charge is -2.32. The molecule has 0 N–H and O–H groups in total. The Kier molecular flexibility index (Phi) is 3.62. The highest BCUT2D eigenvalue weighted by Crippen LogP contribution is 2.45. The Balaban J connectivity index is 1.89. The third-order valence-electron chi connectivity index (χ3n) is 4.27. The number of ether oxygens (including phenoxy) is 2. The van der Waals surface area contributed by atoms with Crippen LogP contribution in [0.2, 0.25) is 0 Å². The van der Waals surface area contributed by atoms with Gasteiger partial charge in [-0.2, -0.15) is 0 Å². The molecule has 0 radical (unpaired) electrons. The van der Waals surface area contributed by atoms with E-state index in [1.54, 1.807) is 18.9 Å². The lowest BCUT2D eigenvalue weighted by atomic mass is 9.80. The van der Waals surface area contributed by atoms with E-state index in [4.69, 9.17) is 9.47 Å². The molecule has 0 fully saturated rings. The molecule has 1 atom stereocenters. The van der Waals surface area contributed by atoms with Gasteiger partial charge in [0.1, 0.15) is 17.3 Å². The average molecular weight is 324 g/mol. The smallest absolute Gasteiger partial charge is 0.173 e. The number of methoxy groups -OCH3 is 1. The quantitative estimate of drug-likeness (QED) is 0.842. The molecular weight excluding hydrogens is 308 g/mol. The Hall–Kier alpha value is -2.20. The van der Waals surface area contributed by atoms with Gasteiger partial charge in [0, 0.05) is 17.1 Å². The van der Waals surface area contributed by atoms with E-state index in [0.29, 0.717) is 5.75 Å². The highest BCUT2D eigenvalue weighted by Gasteiger charge is 2.36. The number of carbonyl (C=O) groups is 1. The van der Waals surface area contributed by atoms with Crippen LogP contribution in [-0.2, 0) is 4.79 Å². The van der Waals surface area contributed by atoms with Gasteiger partial charge in [-0.25, -0.2) is 0 Å². The first-order valence-corrected chi connectivity index (χ1v) is 8.68. The van der Waals surface area contributed by atoms with Crippen LogP contribution in [0.4, 0.5) is 0 Å². The molecule has 0 saturated heterocycles. The Morgan fingerprint density at radius 1 is 1.09 bits per heavy atom. The van der Waals surface area contributed by atoms with E-state index < -0.39 is 0 Å². The third kappa shape index (κ3) is 2.43. The molecule has 4 heteroatoms. The van der Waals surface area contributed by atoms with Crippen LogP contribution >= 0.6 is 11.8 Å². The monoisotopic (exact) mass is 324 g/mol. The van der Waals surface area contributed by atoms with Crippen LogP contribution in [0.25, 0.3) is 0 Å². The second-order valence-electron chi connectivity index (χ2n) is 5.60. The zero-order chi connectivity index (χ0) is 15.8. The summed E-state index contributed by atoms with van der Waals surface area (Å²) in [7, 11) is 1.65. The standard InChI is InChI=1S/C19H16O3S/c1-21-13-8-6-12(7-9-13)18-14-4-2-3-5-16(14)22-17-11-23-10-15(20)19(17)18/h2-9,18H,10-11H2,1H3/t18-/m1/s1. The zero-order valence-corrected chi connectivity index (χ0v) is 13.6. The lowest BCUT2D eigenvalue weighted by Crippen LogP contribution is -2.27. The summed E-state index contributed by atoms with van der Waals surface area (Å²) in [5.74, 6) is 3.86. The number of carbonyl (C=O) groups excluding carboxylic acids is 1. The number of benzene rings is 2. The molecule has 4 rings (SSSR count). The molecule has 0 aliphatic carbocycles. The van der Waals surface area contributed by atoms with Crippen molar-refractivity contribution >= 4 is 17.5 Å². The van der Waals surface area contributed by atoms with Crippen molar-refractivity contribution in [1.82, 2.24) is 0 Å². The number of thioether (sulfide) groups is 1. The average Bonchev–Trinajstić information content (AvgIpc) is 2.60. The largest absolute Gasteiger partial charge is 0.497 e. The van der Waals surface area contributed by atoms with Crippen molar-refractivity contribution in [2.24, 2.45) is 0 Å². The number of hydrogen-bond acceptors (Lipinski definition) is 4. The molecule has 2 heterocycles. The van der Waals surface area contributed by atoms with E-state index in [1.165, 1.54) is 0 Å². The van der Waals surface area contributed by atoms with Crippen LogP contribution < -0.4 is 9.47 Å². The number of Topliss-reactive ketones (excluding diaryl/α,β-unsaturated/α-hetero) is 1. The molecule has 0 bridgehead atoms. The van der Waals surface area contributed by atoms with Gasteiger partial charge in [0.05, 0.1) is 18.6 Å². The minimum absolute atomic E-state index is 0.0609. The first kappa shape index (κ1) is 14.4. The third-order valence-corrected chi connectivity index (χ3v) is 5.20. The molecule has 0 unspecified atom stereocenters. The predicted molar refractivity (Wildman–Crippen MR) is 91.3 cm³/mol. The minimum Gasteiger partial charge on any atom is -0.497 e. The Morgan fingerprint density at radius 3 is 2.65 bits per heavy atom. The van der Waals surface area contributed by atoms with Crippen molar-refractivity contribution in [3.8, 4) is 11.5 Å². The number of fused-ring (bicyclic) bond motifs is 1. The zero-order valence-electron chi connectivity index (χ0n) is 12.7. The van der Waals surface area contributed by atoms with Crippen LogP contribution in [0.15, 0.2) is 59.9 Å². The summed E-state index contributed by atoms with van der Waals surface area (Å²) in [4.78, 5) is 12.6. The van der Waals surface area contributed by atoms with Gasteiger partial charge in [0.15, 0.2) is 5.78 Å². The lowest BCUT2D eigenvalue weighted by molar-refractivity contribution is -0.113. The van der Waals surface area contributed by atoms with Crippen LogP contribution in [0.3, 0.4) is 0 Å². The van der Waals surface area contributed by atoms with Gasteiger partial charge >= 0.3 is 0 Å². The minimum atomic E-state index is -0.0609. The molecule has 3 nitrogen and oxygen atoms in total. The summed E-state index contributed by atoms with van der Waals surface area (Å²) in [5, 5.41) is 0. The van der Waals surface area contributed by atoms with Crippen LogP contribution in [-0.4, -0.2) is 24.4 Å². The second-order valence-corrected chi connectivity index (χ2v) is 6.58. The molecule has 2 aliphatic heterocycles. The Labute approximate surface area is 139 Å². The summed E-state index contributed by atoms with van der Waals surface area (Å²) in [5.41, 5.74) is 2.96. The van der Waals surface area contributed by atoms with Crippen molar-refractivity contribution < 1.29 is 14.3 Å². The van der Waals surface area contributed by atoms with Gasteiger partial charge in [-0.05, 0) is 23.8 Å². The highest BCUT2D eigenvalue weighted by atomic mass is 32.2. The van der Waals surface area contributed by atoms with Crippen molar-refractivity contribution in [2.75, 3.05) is 18.6 Å². The van der Waals surface area contributed by atoms with Gasteiger partial charge in [-0.15, -0.1) is 11.8 Å². The topological polar surface area (TPSA) is 35.5 Å². The molecule has 2 aromatic rings. The predicted octanol–water partition coefficient (Wildman–Crippen LogP) is 3.79. The molecule has 116 valence electrons. The first-order valence-electron chi connectivity index (χ1n) is 7.52. The highest BCUT2D eigenvalue weighted by molar-refractivity contribution is 8.00. The molecule has 0 spiro atoms. The van der Waals surface area contributed by atoms with Crippen molar-refractivity contribution in [1.29, 1.82) is 0 Å². The van der Waals surface area contributed by atoms with Crippen molar-refractivity contribution in [3.63, 3.8) is 0 Å². The summed E-state index contributed by atoms with van der Waals surface area (Å²) in [6.45, 7) is 0. The number of ketones is 1. The molecular formula is C19H16O3S. The van der Waals surface area contributed by atoms with E-state index in [-0.39, 0.29) is 11.7 Å². The maximum atomic E-state index is 12.6. The van der Waals surface area contributed by atoms with E-state index in [9.17, 15) is 4.79 Å². The summed E-state index contributed by atoms with van der Waals surface area (Å²) in [6, 6.07) is 15.9. The van der Waals surface area contributed by atoms with Crippen LogP contribution in [0, 0.1) is 0 Å². The van der Waals surface area contributed by atoms with Crippen LogP contribution in [0.5, 0.6) is 11.5 Å². The molecule has 2 aromatic carbocycles. The van der Waals surface area contributed by atoms with Crippen LogP contribution in [0.1, 0.15) is 17.0 Å². The molecule has 0 amide bonds. The normalized spacial score (nSPS) is 19.7. The first-order chi connectivity index (χ1) is 11.3. The van der Waals surface area contributed by atoms with Gasteiger partial charge in [-0.3, -0.25) is 4.79 Å². The summed E-state index contributed by atoms with van der Waals surface area (Å²) >= 11 is 1.61. The van der Waals surface area contributed by atoms with E-state index in [0.717, 1.165) is 39.7 Å². The maximum Gasteiger partial charge on any atom is 0.173 e. The number of rotatable bonds is 2. The van der Waals surface area contributed by atoms with E-state index in [1.807, 2.05) is 48.5 Å². The Bertz CT molecular complexity index is 793. The molecule has 0 aromatic heterocycles. The number of para-hydroxylation sites is 1. The Morgan fingerprint density at radius 2 is 1.87 bits per heavy atom. The fourth-order valence-corrected chi connectivity index (χ4v) is 4.04. The molecule has 23 heavy (non-hydrogen) atoms. The fraction of sp³-hybridized carbons (Fsp3) is 0.211. The maximum absolute atomic E-state index is 12.6. The van der Waals surface area contributed by atoms with Gasteiger partial charge in [0.25, 0.3) is 0 Å². The van der Waals surface area contributed by atoms with Gasteiger partial charge in [0.2, 0.25) is 0 Å². The number of allylic oxidation sites excluding steroid dienone is 1. The van der Waals surface area contributed by atoms with Crippen molar-refractivity contribution in [3.05, 3.63) is 71.0 Å². The second kappa shape index (κ2) is 5.78. The van der Waals surface area contributed by atoms with Gasteiger partial charge < -0.3 is 9.47 Å². The summed E-state index contributed by atoms with van der Waals surface area (Å²) in [6.07, 6.45) is 0. The number of hydrogen-bond donors (Lipinski definition) is 0. The molecule has 2 aliphatic rings. The van der Waals surface area contributed by atoms with Gasteiger partial charge in [-0.1, -0.05) is 30.3 Å². The fourth-order valence-electron chi connectivity index (χ4n) is 3.20. The van der Waals surface area contributed by atoms with E-state index >= 15 is 0 Å². The summed E-state index contributed by atoms with van der Waals surface area (Å²) < 4.78 is 11.3. The SMILES string of the molecule is COc1ccc([C@H]2C3=C(CSCC3=O)Oc3ccccc32)cc1. The van der Waals surface area contributed by atoms with E-state index in [2.05, 4.69) is 0 Å². The van der Waals surface area contributed by atoms with Crippen molar-refractivity contribution in [2.45, 2.75) is 5.92 Å². The molecule has 0 saturated carbocycles.